The lowest BCUT2D eigenvalue weighted by molar-refractivity contribution is 0.177. The van der Waals surface area contributed by atoms with Gasteiger partial charge in [0.1, 0.15) is 17.3 Å². The predicted octanol–water partition coefficient (Wildman–Crippen LogP) is 5.07. The number of benzene rings is 3. The number of rotatable bonds is 6. The number of ether oxygens (including phenoxy) is 1. The molecule has 30 heavy (non-hydrogen) atoms. The fraction of sp³-hybridized carbons (Fsp3) is 0.269. The van der Waals surface area contributed by atoms with Crippen LogP contribution in [0.2, 0.25) is 0 Å². The van der Waals surface area contributed by atoms with Gasteiger partial charge in [-0.2, -0.15) is 0 Å². The Labute approximate surface area is 184 Å². The molecule has 1 aliphatic heterocycles. The van der Waals surface area contributed by atoms with Crippen LogP contribution in [0, 0.1) is 6.92 Å². The second-order valence-corrected chi connectivity index (χ2v) is 8.21. The third kappa shape index (κ3) is 5.26. The van der Waals surface area contributed by atoms with E-state index in [1.54, 1.807) is 0 Å². The van der Waals surface area contributed by atoms with Crippen LogP contribution in [0.4, 0.5) is 0 Å². The van der Waals surface area contributed by atoms with Crippen molar-refractivity contribution in [1.29, 1.82) is 0 Å². The van der Waals surface area contributed by atoms with Crippen LogP contribution in [0.15, 0.2) is 78.9 Å². The van der Waals surface area contributed by atoms with Crippen LogP contribution < -0.4 is 4.74 Å². The van der Waals surface area contributed by atoms with Gasteiger partial charge < -0.3 is 9.64 Å². The summed E-state index contributed by atoms with van der Waals surface area (Å²) in [5.41, 5.74) is 4.79. The number of hydrogen-bond acceptors (Lipinski definition) is 3. The van der Waals surface area contributed by atoms with E-state index in [1.807, 2.05) is 18.2 Å². The first-order valence-corrected chi connectivity index (χ1v) is 10.9. The van der Waals surface area contributed by atoms with E-state index in [2.05, 4.69) is 77.4 Å². The highest BCUT2D eigenvalue weighted by atomic mass is 32.1. The smallest absolute Gasteiger partial charge is 0.130 e. The second kappa shape index (κ2) is 9.88. The summed E-state index contributed by atoms with van der Waals surface area (Å²) in [6.45, 7) is 7.55. The Morgan fingerprint density at radius 3 is 2.20 bits per heavy atom. The Morgan fingerprint density at radius 2 is 1.47 bits per heavy atom. The highest BCUT2D eigenvalue weighted by molar-refractivity contribution is 7.80. The molecule has 0 spiro atoms. The van der Waals surface area contributed by atoms with E-state index in [4.69, 9.17) is 17.0 Å². The number of aryl methyl sites for hydroxylation is 1. The van der Waals surface area contributed by atoms with Gasteiger partial charge in [-0.25, -0.2) is 0 Å². The van der Waals surface area contributed by atoms with Crippen LogP contribution in [-0.4, -0.2) is 41.0 Å². The van der Waals surface area contributed by atoms with Crippen molar-refractivity contribution in [2.75, 3.05) is 26.2 Å². The molecule has 1 fully saturated rings. The normalized spacial score (nSPS) is 14.5. The zero-order valence-corrected chi connectivity index (χ0v) is 18.3. The summed E-state index contributed by atoms with van der Waals surface area (Å²) in [5, 5.41) is 0. The molecule has 3 aromatic carbocycles. The van der Waals surface area contributed by atoms with Gasteiger partial charge in [-0.3, -0.25) is 4.90 Å². The highest BCUT2D eigenvalue weighted by Crippen LogP contribution is 2.23. The molecule has 4 heteroatoms. The van der Waals surface area contributed by atoms with E-state index in [0.29, 0.717) is 6.61 Å². The molecular formula is C26H28N2OS. The van der Waals surface area contributed by atoms with E-state index < -0.39 is 0 Å². The maximum atomic E-state index is 6.15. The summed E-state index contributed by atoms with van der Waals surface area (Å²) in [5.74, 6) is 0.856. The molecule has 0 unspecified atom stereocenters. The number of thiocarbonyl (C=S) groups is 1. The van der Waals surface area contributed by atoms with Crippen molar-refractivity contribution in [3.8, 4) is 5.75 Å². The molecule has 3 aromatic rings. The van der Waals surface area contributed by atoms with Crippen LogP contribution in [0.3, 0.4) is 0 Å². The Balaban J connectivity index is 1.36. The molecule has 0 aliphatic carbocycles. The molecule has 0 aromatic heterocycles. The average molecular weight is 417 g/mol. The molecule has 0 N–H and O–H groups in total. The minimum absolute atomic E-state index is 0.546. The van der Waals surface area contributed by atoms with Crippen molar-refractivity contribution < 1.29 is 4.74 Å². The Bertz CT molecular complexity index is 964. The molecule has 4 rings (SSSR count). The first-order chi connectivity index (χ1) is 14.7. The number of piperazine rings is 1. The van der Waals surface area contributed by atoms with E-state index in [1.165, 1.54) is 11.1 Å². The van der Waals surface area contributed by atoms with E-state index >= 15 is 0 Å². The lowest BCUT2D eigenvalue weighted by Crippen LogP contribution is -2.48. The Morgan fingerprint density at radius 1 is 0.800 bits per heavy atom. The van der Waals surface area contributed by atoms with Crippen LogP contribution in [0.1, 0.15) is 22.3 Å². The van der Waals surface area contributed by atoms with Crippen molar-refractivity contribution in [2.45, 2.75) is 20.1 Å². The van der Waals surface area contributed by atoms with Gasteiger partial charge in [0.05, 0.1) is 5.56 Å². The summed E-state index contributed by atoms with van der Waals surface area (Å²) in [6, 6.07) is 27.3. The molecule has 0 amide bonds. The molecule has 1 heterocycles. The number of nitrogens with zero attached hydrogens (tertiary/aromatic N) is 2. The van der Waals surface area contributed by atoms with Crippen molar-refractivity contribution in [3.63, 3.8) is 0 Å². The molecule has 1 aliphatic rings. The lowest BCUT2D eigenvalue weighted by atomic mass is 10.1. The third-order valence-electron chi connectivity index (χ3n) is 5.54. The molecule has 0 saturated carbocycles. The summed E-state index contributed by atoms with van der Waals surface area (Å²) >= 11 is 5.87. The highest BCUT2D eigenvalue weighted by Gasteiger charge is 2.21. The summed E-state index contributed by atoms with van der Waals surface area (Å²) in [7, 11) is 0. The fourth-order valence-corrected chi connectivity index (χ4v) is 4.09. The monoisotopic (exact) mass is 416 g/mol. The van der Waals surface area contributed by atoms with Gasteiger partial charge in [0, 0.05) is 32.7 Å². The number of hydrogen-bond donors (Lipinski definition) is 0. The zero-order chi connectivity index (χ0) is 20.8. The summed E-state index contributed by atoms with van der Waals surface area (Å²) in [4.78, 5) is 5.69. The molecule has 0 bridgehead atoms. The van der Waals surface area contributed by atoms with Gasteiger partial charge in [-0.05, 0) is 30.2 Å². The summed E-state index contributed by atoms with van der Waals surface area (Å²) < 4.78 is 6.15. The van der Waals surface area contributed by atoms with Gasteiger partial charge in [-0.1, -0.05) is 84.5 Å². The van der Waals surface area contributed by atoms with Crippen molar-refractivity contribution in [2.24, 2.45) is 0 Å². The average Bonchev–Trinajstić information content (AvgIpc) is 2.80. The van der Waals surface area contributed by atoms with Crippen LogP contribution in [-0.2, 0) is 13.2 Å². The Kier molecular flexibility index (Phi) is 6.77. The van der Waals surface area contributed by atoms with Gasteiger partial charge >= 0.3 is 0 Å². The second-order valence-electron chi connectivity index (χ2n) is 7.82. The lowest BCUT2D eigenvalue weighted by Gasteiger charge is -2.36. The first kappa shape index (κ1) is 20.6. The van der Waals surface area contributed by atoms with Crippen LogP contribution in [0.5, 0.6) is 5.75 Å². The predicted molar refractivity (Wildman–Crippen MR) is 127 cm³/mol. The first-order valence-electron chi connectivity index (χ1n) is 10.5. The summed E-state index contributed by atoms with van der Waals surface area (Å²) in [6.07, 6.45) is 0. The van der Waals surface area contributed by atoms with E-state index in [0.717, 1.165) is 54.6 Å². The van der Waals surface area contributed by atoms with Gasteiger partial charge in [0.2, 0.25) is 0 Å². The molecule has 3 nitrogen and oxygen atoms in total. The van der Waals surface area contributed by atoms with Gasteiger partial charge in [0.25, 0.3) is 0 Å². The van der Waals surface area contributed by atoms with E-state index in [-0.39, 0.29) is 0 Å². The van der Waals surface area contributed by atoms with Crippen LogP contribution >= 0.6 is 12.2 Å². The SMILES string of the molecule is Cc1ccc(COc2ccccc2C(=S)N2CCN(Cc3ccccc3)CC2)cc1. The molecule has 154 valence electrons. The molecule has 0 atom stereocenters. The van der Waals surface area contributed by atoms with Crippen molar-refractivity contribution >= 4 is 17.2 Å². The van der Waals surface area contributed by atoms with Crippen molar-refractivity contribution in [3.05, 3.63) is 101 Å². The topological polar surface area (TPSA) is 15.7 Å². The fourth-order valence-electron chi connectivity index (χ4n) is 3.74. The zero-order valence-electron chi connectivity index (χ0n) is 17.5. The maximum Gasteiger partial charge on any atom is 0.130 e. The minimum Gasteiger partial charge on any atom is -0.488 e. The quantitative estimate of drug-likeness (QED) is 0.521. The van der Waals surface area contributed by atoms with Gasteiger partial charge in [-0.15, -0.1) is 0 Å². The third-order valence-corrected chi connectivity index (χ3v) is 6.02. The Hall–Kier alpha value is -2.69. The molecular weight excluding hydrogens is 388 g/mol. The largest absolute Gasteiger partial charge is 0.488 e. The maximum absolute atomic E-state index is 6.15. The number of para-hydroxylation sites is 1. The standard InChI is InChI=1S/C26H28N2OS/c1-21-11-13-23(14-12-21)20-29-25-10-6-5-9-24(25)26(30)28-17-15-27(16-18-28)19-22-7-3-2-4-8-22/h2-14H,15-20H2,1H3. The minimum atomic E-state index is 0.546. The van der Waals surface area contributed by atoms with Crippen LogP contribution in [0.25, 0.3) is 0 Å². The van der Waals surface area contributed by atoms with E-state index in [9.17, 15) is 0 Å². The van der Waals surface area contributed by atoms with Gasteiger partial charge in [0.15, 0.2) is 0 Å². The molecule has 0 radical (unpaired) electrons. The molecule has 1 saturated heterocycles. The van der Waals surface area contributed by atoms with Crippen molar-refractivity contribution in [1.82, 2.24) is 9.80 Å².